The monoisotopic (exact) mass is 173 g/mol. The Hall–Kier alpha value is -0.0800. The van der Waals surface area contributed by atoms with Gasteiger partial charge in [0.15, 0.2) is 0 Å². The molecule has 1 atom stereocenters. The van der Waals surface area contributed by atoms with Gasteiger partial charge in [0, 0.05) is 7.11 Å². The normalized spacial score (nSPS) is 13.8. The number of rotatable bonds is 7. The van der Waals surface area contributed by atoms with Crippen LogP contribution >= 0.6 is 0 Å². The highest BCUT2D eigenvalue weighted by Gasteiger charge is 2.07. The van der Waals surface area contributed by atoms with Crippen LogP contribution in [-0.4, -0.2) is 32.3 Å². The van der Waals surface area contributed by atoms with Gasteiger partial charge in [0.25, 0.3) is 0 Å². The summed E-state index contributed by atoms with van der Waals surface area (Å²) in [7, 11) is 5.91. The number of unbranched alkanes of at least 4 members (excludes halogenated alkanes) is 3. The molecule has 0 rings (SSSR count). The molecule has 0 saturated heterocycles. The van der Waals surface area contributed by atoms with Crippen LogP contribution in [0.4, 0.5) is 0 Å². The fourth-order valence-electron chi connectivity index (χ4n) is 1.33. The fourth-order valence-corrected chi connectivity index (χ4v) is 1.33. The molecular formula is C10H23NO. The molecule has 0 amide bonds. The lowest BCUT2D eigenvalue weighted by molar-refractivity contribution is -0.0108. The number of nitrogens with zero attached hydrogens (tertiary/aromatic N) is 1. The summed E-state index contributed by atoms with van der Waals surface area (Å²) in [5.74, 6) is 0. The molecule has 0 fully saturated rings. The molecule has 0 aromatic rings. The second-order valence-electron chi connectivity index (χ2n) is 3.50. The molecule has 74 valence electrons. The Bertz CT molecular complexity index is 93.8. The second-order valence-corrected chi connectivity index (χ2v) is 3.50. The first kappa shape index (κ1) is 11.9. The minimum atomic E-state index is 0.307. The van der Waals surface area contributed by atoms with Crippen LogP contribution in [0.2, 0.25) is 0 Å². The third-order valence-electron chi connectivity index (χ3n) is 2.15. The van der Waals surface area contributed by atoms with Gasteiger partial charge in [-0.05, 0) is 26.9 Å². The van der Waals surface area contributed by atoms with Crippen molar-refractivity contribution in [3.63, 3.8) is 0 Å². The lowest BCUT2D eigenvalue weighted by atomic mass is 10.1. The van der Waals surface area contributed by atoms with Gasteiger partial charge in [0.1, 0.15) is 6.23 Å². The molecular weight excluding hydrogens is 150 g/mol. The lowest BCUT2D eigenvalue weighted by Crippen LogP contribution is -2.29. The van der Waals surface area contributed by atoms with Crippen molar-refractivity contribution in [3.05, 3.63) is 0 Å². The molecule has 0 spiro atoms. The van der Waals surface area contributed by atoms with Gasteiger partial charge in [-0.15, -0.1) is 0 Å². The molecule has 0 saturated carbocycles. The van der Waals surface area contributed by atoms with Crippen molar-refractivity contribution in [2.24, 2.45) is 0 Å². The summed E-state index contributed by atoms with van der Waals surface area (Å²) in [6, 6.07) is 0. The standard InChI is InChI=1S/C10H23NO/c1-5-6-7-8-9-10(12-4)11(2)3/h10H,5-9H2,1-4H3. The number of hydrogen-bond donors (Lipinski definition) is 0. The topological polar surface area (TPSA) is 12.5 Å². The molecule has 12 heavy (non-hydrogen) atoms. The van der Waals surface area contributed by atoms with Gasteiger partial charge in [-0.3, -0.25) is 4.90 Å². The van der Waals surface area contributed by atoms with Crippen LogP contribution in [0.1, 0.15) is 39.0 Å². The van der Waals surface area contributed by atoms with E-state index in [9.17, 15) is 0 Å². The zero-order chi connectivity index (χ0) is 9.40. The summed E-state index contributed by atoms with van der Waals surface area (Å²) in [5, 5.41) is 0. The molecule has 0 aromatic heterocycles. The van der Waals surface area contributed by atoms with E-state index in [4.69, 9.17) is 4.74 Å². The molecule has 0 N–H and O–H groups in total. The van der Waals surface area contributed by atoms with E-state index in [1.807, 2.05) is 0 Å². The summed E-state index contributed by atoms with van der Waals surface area (Å²) in [5.41, 5.74) is 0. The van der Waals surface area contributed by atoms with Crippen molar-refractivity contribution in [2.75, 3.05) is 21.2 Å². The number of methoxy groups -OCH3 is 1. The summed E-state index contributed by atoms with van der Waals surface area (Å²) >= 11 is 0. The first-order valence-corrected chi connectivity index (χ1v) is 4.91. The van der Waals surface area contributed by atoms with E-state index >= 15 is 0 Å². The van der Waals surface area contributed by atoms with E-state index in [1.165, 1.54) is 25.7 Å². The first-order valence-electron chi connectivity index (χ1n) is 4.91. The predicted octanol–water partition coefficient (Wildman–Crippen LogP) is 2.49. The maximum atomic E-state index is 5.32. The molecule has 2 heteroatoms. The third kappa shape index (κ3) is 5.56. The lowest BCUT2D eigenvalue weighted by Gasteiger charge is -2.22. The Kier molecular flexibility index (Phi) is 7.51. The van der Waals surface area contributed by atoms with Crippen LogP contribution in [0.25, 0.3) is 0 Å². The van der Waals surface area contributed by atoms with Crippen LogP contribution < -0.4 is 0 Å². The van der Waals surface area contributed by atoms with Gasteiger partial charge in [0.2, 0.25) is 0 Å². The Labute approximate surface area is 76.9 Å². The third-order valence-corrected chi connectivity index (χ3v) is 2.15. The van der Waals surface area contributed by atoms with Gasteiger partial charge in [-0.2, -0.15) is 0 Å². The molecule has 0 heterocycles. The minimum absolute atomic E-state index is 0.307. The quantitative estimate of drug-likeness (QED) is 0.433. The van der Waals surface area contributed by atoms with E-state index in [-0.39, 0.29) is 0 Å². The highest BCUT2D eigenvalue weighted by atomic mass is 16.5. The summed E-state index contributed by atoms with van der Waals surface area (Å²) < 4.78 is 5.32. The number of ether oxygens (including phenoxy) is 1. The zero-order valence-electron chi connectivity index (χ0n) is 8.97. The maximum absolute atomic E-state index is 5.32. The van der Waals surface area contributed by atoms with E-state index in [0.29, 0.717) is 6.23 Å². The molecule has 2 nitrogen and oxygen atoms in total. The van der Waals surface area contributed by atoms with E-state index < -0.39 is 0 Å². The largest absolute Gasteiger partial charge is 0.366 e. The van der Waals surface area contributed by atoms with Crippen molar-refractivity contribution in [1.29, 1.82) is 0 Å². The van der Waals surface area contributed by atoms with Crippen molar-refractivity contribution < 1.29 is 4.74 Å². The van der Waals surface area contributed by atoms with Gasteiger partial charge >= 0.3 is 0 Å². The highest BCUT2D eigenvalue weighted by Crippen LogP contribution is 2.08. The molecule has 0 bridgehead atoms. The molecule has 0 aliphatic rings. The van der Waals surface area contributed by atoms with Crippen molar-refractivity contribution in [1.82, 2.24) is 4.90 Å². The fraction of sp³-hybridized carbons (Fsp3) is 1.00. The first-order chi connectivity index (χ1) is 5.72. The van der Waals surface area contributed by atoms with Crippen molar-refractivity contribution in [3.8, 4) is 0 Å². The van der Waals surface area contributed by atoms with E-state index in [0.717, 1.165) is 6.42 Å². The molecule has 0 aliphatic heterocycles. The smallest absolute Gasteiger partial charge is 0.109 e. The molecule has 1 unspecified atom stereocenters. The number of hydrogen-bond acceptors (Lipinski definition) is 2. The van der Waals surface area contributed by atoms with E-state index in [1.54, 1.807) is 7.11 Å². The maximum Gasteiger partial charge on any atom is 0.109 e. The highest BCUT2D eigenvalue weighted by molar-refractivity contribution is 4.54. The van der Waals surface area contributed by atoms with Crippen LogP contribution in [0.3, 0.4) is 0 Å². The molecule has 0 aromatic carbocycles. The van der Waals surface area contributed by atoms with Crippen LogP contribution in [0, 0.1) is 0 Å². The Balaban J connectivity index is 3.32. The molecule has 0 radical (unpaired) electrons. The average molecular weight is 173 g/mol. The average Bonchev–Trinajstić information content (AvgIpc) is 2.04. The Morgan fingerprint density at radius 1 is 1.17 bits per heavy atom. The van der Waals surface area contributed by atoms with Crippen LogP contribution in [0.15, 0.2) is 0 Å². The summed E-state index contributed by atoms with van der Waals surface area (Å²) in [6.07, 6.45) is 6.74. The van der Waals surface area contributed by atoms with Crippen molar-refractivity contribution in [2.45, 2.75) is 45.3 Å². The van der Waals surface area contributed by atoms with Crippen LogP contribution in [-0.2, 0) is 4.74 Å². The molecule has 0 aliphatic carbocycles. The van der Waals surface area contributed by atoms with Gasteiger partial charge in [-0.1, -0.05) is 26.2 Å². The summed E-state index contributed by atoms with van der Waals surface area (Å²) in [6.45, 7) is 2.24. The Morgan fingerprint density at radius 3 is 2.25 bits per heavy atom. The second kappa shape index (κ2) is 7.56. The Morgan fingerprint density at radius 2 is 1.83 bits per heavy atom. The van der Waals surface area contributed by atoms with Crippen LogP contribution in [0.5, 0.6) is 0 Å². The predicted molar refractivity (Wildman–Crippen MR) is 53.2 cm³/mol. The summed E-state index contributed by atoms with van der Waals surface area (Å²) in [4.78, 5) is 2.13. The van der Waals surface area contributed by atoms with Gasteiger partial charge < -0.3 is 4.74 Å². The van der Waals surface area contributed by atoms with E-state index in [2.05, 4.69) is 25.9 Å². The van der Waals surface area contributed by atoms with Gasteiger partial charge in [0.05, 0.1) is 0 Å². The van der Waals surface area contributed by atoms with Gasteiger partial charge in [-0.25, -0.2) is 0 Å². The van der Waals surface area contributed by atoms with Crippen molar-refractivity contribution >= 4 is 0 Å². The SMILES string of the molecule is CCCCCCC(OC)N(C)C. The minimum Gasteiger partial charge on any atom is -0.366 e. The zero-order valence-corrected chi connectivity index (χ0v) is 8.97.